The number of rotatable bonds is 7. The van der Waals surface area contributed by atoms with Crippen molar-refractivity contribution in [2.24, 2.45) is 0 Å². The number of benzene rings is 1. The molecule has 0 unspecified atom stereocenters. The molecule has 1 aliphatic rings. The minimum absolute atomic E-state index is 0.0452. The van der Waals surface area contributed by atoms with Crippen molar-refractivity contribution in [2.45, 2.75) is 69.4 Å². The highest BCUT2D eigenvalue weighted by molar-refractivity contribution is 7.89. The summed E-state index contributed by atoms with van der Waals surface area (Å²) < 4.78 is 34.0. The third kappa shape index (κ3) is 5.53. The Hall–Kier alpha value is -1.92. The number of hydrogen-bond acceptors (Lipinski definition) is 4. The van der Waals surface area contributed by atoms with E-state index in [1.807, 2.05) is 31.2 Å². The van der Waals surface area contributed by atoms with Crippen molar-refractivity contribution in [3.05, 3.63) is 53.7 Å². The van der Waals surface area contributed by atoms with E-state index in [1.54, 1.807) is 18.3 Å². The minimum atomic E-state index is -3.48. The molecule has 1 heterocycles. The Kier molecular flexibility index (Phi) is 6.50. The van der Waals surface area contributed by atoms with Crippen LogP contribution in [0.1, 0.15) is 50.2 Å². The summed E-state index contributed by atoms with van der Waals surface area (Å²) in [4.78, 5) is 4.61. The average Bonchev–Trinajstić information content (AvgIpc) is 2.66. The molecule has 0 atom stereocenters. The molecule has 0 spiro atoms. The number of hydrogen-bond donors (Lipinski definition) is 1. The molecule has 5 nitrogen and oxygen atoms in total. The van der Waals surface area contributed by atoms with E-state index in [2.05, 4.69) is 16.6 Å². The van der Waals surface area contributed by atoms with Crippen molar-refractivity contribution in [2.75, 3.05) is 0 Å². The number of nitrogens with zero attached hydrogens (tertiary/aromatic N) is 1. The van der Waals surface area contributed by atoms with E-state index in [-0.39, 0.29) is 12.1 Å². The van der Waals surface area contributed by atoms with Crippen LogP contribution in [0.15, 0.2) is 47.5 Å². The lowest BCUT2D eigenvalue weighted by Gasteiger charge is -2.29. The van der Waals surface area contributed by atoms with Crippen LogP contribution in [0.5, 0.6) is 5.88 Å². The molecule has 0 amide bonds. The highest BCUT2D eigenvalue weighted by Crippen LogP contribution is 2.24. The fraction of sp³-hybridized carbons (Fsp3) is 0.476. The smallest absolute Gasteiger partial charge is 0.240 e. The second kappa shape index (κ2) is 8.85. The summed E-state index contributed by atoms with van der Waals surface area (Å²) in [6.45, 7) is 4.10. The Morgan fingerprint density at radius 2 is 1.78 bits per heavy atom. The van der Waals surface area contributed by atoms with Crippen LogP contribution in [-0.2, 0) is 16.4 Å². The Labute approximate surface area is 162 Å². The minimum Gasteiger partial charge on any atom is -0.474 e. The molecule has 3 rings (SSSR count). The molecule has 2 aromatic rings. The monoisotopic (exact) mass is 388 g/mol. The van der Waals surface area contributed by atoms with Crippen LogP contribution >= 0.6 is 0 Å². The molecule has 1 aromatic heterocycles. The van der Waals surface area contributed by atoms with Gasteiger partial charge in [0.2, 0.25) is 15.9 Å². The van der Waals surface area contributed by atoms with Crippen molar-refractivity contribution in [3.8, 4) is 5.88 Å². The maximum Gasteiger partial charge on any atom is 0.240 e. The number of nitrogens with one attached hydrogen (secondary N) is 1. The molecule has 1 aliphatic carbocycles. The molecule has 0 radical (unpaired) electrons. The summed E-state index contributed by atoms with van der Waals surface area (Å²) in [6, 6.07) is 11.0. The number of aromatic nitrogens is 1. The number of pyridine rings is 1. The Morgan fingerprint density at radius 1 is 1.07 bits per heavy atom. The second-order valence-corrected chi connectivity index (χ2v) is 8.99. The topological polar surface area (TPSA) is 68.3 Å². The van der Waals surface area contributed by atoms with Gasteiger partial charge in [0.1, 0.15) is 6.10 Å². The van der Waals surface area contributed by atoms with Crippen LogP contribution in [0.3, 0.4) is 0 Å². The zero-order valence-electron chi connectivity index (χ0n) is 16.0. The zero-order valence-corrected chi connectivity index (χ0v) is 16.8. The standard InChI is InChI=1S/C21H28N2O3S/c1-3-4-17-6-12-20(13-7-17)27(24,25)23-18-8-10-19(11-9-18)26-21-14-5-16(2)15-22-21/h5-7,12-15,18-19,23H,3-4,8-11H2,1-2H3. The Balaban J connectivity index is 1.52. The van der Waals surface area contributed by atoms with Gasteiger partial charge in [-0.3, -0.25) is 0 Å². The highest BCUT2D eigenvalue weighted by Gasteiger charge is 2.26. The van der Waals surface area contributed by atoms with E-state index < -0.39 is 10.0 Å². The highest BCUT2D eigenvalue weighted by atomic mass is 32.2. The molecule has 0 saturated heterocycles. The predicted octanol–water partition coefficient (Wildman–Crippen LogP) is 4.01. The average molecular weight is 389 g/mol. The Morgan fingerprint density at radius 3 is 2.37 bits per heavy atom. The molecule has 0 aliphatic heterocycles. The van der Waals surface area contributed by atoms with Crippen LogP contribution in [-0.4, -0.2) is 25.5 Å². The largest absolute Gasteiger partial charge is 0.474 e. The van der Waals surface area contributed by atoms with Crippen LogP contribution in [0.2, 0.25) is 0 Å². The van der Waals surface area contributed by atoms with Gasteiger partial charge in [0.05, 0.1) is 4.90 Å². The quantitative estimate of drug-likeness (QED) is 0.778. The van der Waals surface area contributed by atoms with Gasteiger partial charge < -0.3 is 4.74 Å². The molecule has 0 bridgehead atoms. The van der Waals surface area contributed by atoms with Gasteiger partial charge >= 0.3 is 0 Å². The van der Waals surface area contributed by atoms with Crippen molar-refractivity contribution >= 4 is 10.0 Å². The number of aryl methyl sites for hydroxylation is 2. The molecule has 1 saturated carbocycles. The molecule has 27 heavy (non-hydrogen) atoms. The fourth-order valence-electron chi connectivity index (χ4n) is 3.40. The van der Waals surface area contributed by atoms with Gasteiger partial charge in [0, 0.05) is 18.3 Å². The lowest BCUT2D eigenvalue weighted by molar-refractivity contribution is 0.138. The molecule has 1 N–H and O–H groups in total. The normalized spacial score (nSPS) is 20.4. The van der Waals surface area contributed by atoms with Crippen molar-refractivity contribution in [3.63, 3.8) is 0 Å². The van der Waals surface area contributed by atoms with Gasteiger partial charge in [0.15, 0.2) is 0 Å². The van der Waals surface area contributed by atoms with Gasteiger partial charge in [-0.1, -0.05) is 31.5 Å². The van der Waals surface area contributed by atoms with Gasteiger partial charge in [-0.05, 0) is 62.3 Å². The van der Waals surface area contributed by atoms with Gasteiger partial charge in [-0.15, -0.1) is 0 Å². The predicted molar refractivity (Wildman–Crippen MR) is 106 cm³/mol. The van der Waals surface area contributed by atoms with E-state index in [9.17, 15) is 8.42 Å². The van der Waals surface area contributed by atoms with Crippen LogP contribution in [0.25, 0.3) is 0 Å². The van der Waals surface area contributed by atoms with E-state index in [4.69, 9.17) is 4.74 Å². The molecule has 6 heteroatoms. The third-order valence-electron chi connectivity index (χ3n) is 4.94. The van der Waals surface area contributed by atoms with E-state index >= 15 is 0 Å². The van der Waals surface area contributed by atoms with Crippen molar-refractivity contribution in [1.82, 2.24) is 9.71 Å². The SMILES string of the molecule is CCCc1ccc(S(=O)(=O)NC2CCC(Oc3ccc(C)cn3)CC2)cc1. The summed E-state index contributed by atoms with van der Waals surface area (Å²) in [5.41, 5.74) is 2.27. The lowest BCUT2D eigenvalue weighted by atomic mass is 9.94. The van der Waals surface area contributed by atoms with Crippen molar-refractivity contribution in [1.29, 1.82) is 0 Å². The van der Waals surface area contributed by atoms with Gasteiger partial charge in [0.25, 0.3) is 0 Å². The van der Waals surface area contributed by atoms with Gasteiger partial charge in [-0.25, -0.2) is 18.1 Å². The van der Waals surface area contributed by atoms with Crippen molar-refractivity contribution < 1.29 is 13.2 Å². The zero-order chi connectivity index (χ0) is 19.3. The summed E-state index contributed by atoms with van der Waals surface area (Å²) in [5.74, 6) is 0.636. The number of sulfonamides is 1. The third-order valence-corrected chi connectivity index (χ3v) is 6.48. The first-order valence-electron chi connectivity index (χ1n) is 9.67. The maximum atomic E-state index is 12.6. The summed E-state index contributed by atoms with van der Waals surface area (Å²) in [6.07, 6.45) is 7.07. The first-order valence-corrected chi connectivity index (χ1v) is 11.1. The van der Waals surface area contributed by atoms with E-state index in [0.717, 1.165) is 44.1 Å². The number of ether oxygens (including phenoxy) is 1. The maximum absolute atomic E-state index is 12.6. The first kappa shape index (κ1) is 19.8. The summed E-state index contributed by atoms with van der Waals surface area (Å²) >= 11 is 0. The first-order chi connectivity index (χ1) is 13.0. The molecular formula is C21H28N2O3S. The molecule has 1 aromatic carbocycles. The Bertz CT molecular complexity index is 825. The summed E-state index contributed by atoms with van der Waals surface area (Å²) in [5, 5.41) is 0. The molecule has 146 valence electrons. The van der Waals surface area contributed by atoms with Gasteiger partial charge in [-0.2, -0.15) is 0 Å². The van der Waals surface area contributed by atoms with Crippen LogP contribution in [0.4, 0.5) is 0 Å². The summed E-state index contributed by atoms with van der Waals surface area (Å²) in [7, 11) is -3.48. The van der Waals surface area contributed by atoms with Crippen LogP contribution in [0, 0.1) is 6.92 Å². The van der Waals surface area contributed by atoms with E-state index in [0.29, 0.717) is 10.8 Å². The second-order valence-electron chi connectivity index (χ2n) is 7.28. The molecule has 1 fully saturated rings. The van der Waals surface area contributed by atoms with E-state index in [1.165, 1.54) is 5.56 Å². The fourth-order valence-corrected chi connectivity index (χ4v) is 4.71. The van der Waals surface area contributed by atoms with Crippen LogP contribution < -0.4 is 9.46 Å². The molecular weight excluding hydrogens is 360 g/mol. The lowest BCUT2D eigenvalue weighted by Crippen LogP contribution is -2.39.